The maximum absolute atomic E-state index is 11.1. The van der Waals surface area contributed by atoms with E-state index < -0.39 is 24.5 Å². The number of nitrogens with zero attached hydrogens (tertiary/aromatic N) is 4. The van der Waals surface area contributed by atoms with E-state index in [9.17, 15) is 10.2 Å². The van der Waals surface area contributed by atoms with Gasteiger partial charge in [0.1, 0.15) is 30.2 Å². The van der Waals surface area contributed by atoms with Crippen molar-refractivity contribution in [2.75, 3.05) is 24.7 Å². The van der Waals surface area contributed by atoms with Crippen LogP contribution in [0.2, 0.25) is 0 Å². The van der Waals surface area contributed by atoms with Crippen LogP contribution >= 0.6 is 11.8 Å². The molecule has 0 spiro atoms. The highest BCUT2D eigenvalue weighted by Crippen LogP contribution is 2.48. The second-order valence-corrected chi connectivity index (χ2v) is 12.5. The zero-order chi connectivity index (χ0) is 31.1. The number of nitrogens with two attached hydrogens (primary N) is 1. The Hall–Kier alpha value is -3.80. The maximum Gasteiger partial charge on any atom is 0.167 e. The minimum Gasteiger partial charge on any atom is -0.394 e. The van der Waals surface area contributed by atoms with Crippen molar-refractivity contribution in [2.45, 2.75) is 55.0 Å². The second-order valence-electron chi connectivity index (χ2n) is 11.2. The summed E-state index contributed by atoms with van der Waals surface area (Å²) < 4.78 is 13.4. The highest BCUT2D eigenvalue weighted by molar-refractivity contribution is 8.00. The molecular weight excluding hydrogens is 586 g/mol. The molecule has 1 fully saturated rings. The largest absolute Gasteiger partial charge is 0.394 e. The molecule has 4 N–H and O–H groups in total. The molecule has 1 aliphatic heterocycles. The summed E-state index contributed by atoms with van der Waals surface area (Å²) in [4.78, 5) is 12.5. The molecule has 0 bridgehead atoms. The summed E-state index contributed by atoms with van der Waals surface area (Å²) in [5.41, 5.74) is 10.6. The van der Waals surface area contributed by atoms with Crippen molar-refractivity contribution in [3.8, 4) is 0 Å². The Kier molecular flexibility index (Phi) is 10.1. The van der Waals surface area contributed by atoms with Crippen molar-refractivity contribution in [1.29, 1.82) is 0 Å². The van der Waals surface area contributed by atoms with Crippen LogP contribution in [0.1, 0.15) is 48.6 Å². The predicted octanol–water partition coefficient (Wildman–Crippen LogP) is 5.33. The quantitative estimate of drug-likeness (QED) is 0.111. The zero-order valence-corrected chi connectivity index (χ0v) is 25.9. The molecule has 0 aliphatic carbocycles. The standard InChI is InChI=1S/C35H39N5O4S/c36-32-29-33(38-23-37-32)40(24-39-29)34-30(42)31(28(22-41)44-34)43-20-12-1-2-13-21-45-35(25-14-6-3-7-15-25,26-16-8-4-9-17-26)27-18-10-5-11-19-27/h3-11,14-19,23-24,28,30-31,34,41-42H,1-2,12-13,20-22H2,(H2,36,37,38)/t28-,30-,31-,34-/m1/s1. The lowest BCUT2D eigenvalue weighted by molar-refractivity contribution is -0.0609. The normalized spacial score (nSPS) is 20.1. The van der Waals surface area contributed by atoms with Crippen LogP contribution in [0.4, 0.5) is 5.82 Å². The maximum atomic E-state index is 11.1. The number of anilines is 1. The van der Waals surface area contributed by atoms with Gasteiger partial charge in [0.2, 0.25) is 0 Å². The minimum absolute atomic E-state index is 0.252. The first-order valence-corrected chi connectivity index (χ1v) is 16.4. The molecule has 4 atom stereocenters. The Morgan fingerprint density at radius 3 is 2.02 bits per heavy atom. The fourth-order valence-corrected chi connectivity index (χ4v) is 7.69. The van der Waals surface area contributed by atoms with Gasteiger partial charge in [-0.05, 0) is 35.3 Å². The summed E-state index contributed by atoms with van der Waals surface area (Å²) in [6.07, 6.45) is 3.67. The molecule has 3 heterocycles. The zero-order valence-electron chi connectivity index (χ0n) is 25.1. The number of hydrogen-bond donors (Lipinski definition) is 3. The monoisotopic (exact) mass is 625 g/mol. The van der Waals surface area contributed by atoms with Crippen LogP contribution in [-0.2, 0) is 14.2 Å². The number of fused-ring (bicyclic) bond motifs is 1. The van der Waals surface area contributed by atoms with E-state index in [2.05, 4.69) is 106 Å². The van der Waals surface area contributed by atoms with Crippen molar-refractivity contribution in [3.63, 3.8) is 0 Å². The third-order valence-electron chi connectivity index (χ3n) is 8.36. The third kappa shape index (κ3) is 6.47. The van der Waals surface area contributed by atoms with Gasteiger partial charge in [0.15, 0.2) is 17.7 Å². The molecule has 0 unspecified atom stereocenters. The minimum atomic E-state index is -1.01. The van der Waals surface area contributed by atoms with Crippen LogP contribution in [0.5, 0.6) is 0 Å². The van der Waals surface area contributed by atoms with Crippen molar-refractivity contribution >= 4 is 28.7 Å². The number of thioether (sulfide) groups is 1. The molecule has 45 heavy (non-hydrogen) atoms. The van der Waals surface area contributed by atoms with Crippen molar-refractivity contribution < 1.29 is 19.7 Å². The topological polar surface area (TPSA) is 129 Å². The number of nitrogen functional groups attached to an aromatic ring is 1. The van der Waals surface area contributed by atoms with E-state index in [1.165, 1.54) is 29.3 Å². The van der Waals surface area contributed by atoms with Crippen molar-refractivity contribution in [2.24, 2.45) is 0 Å². The number of imidazole rings is 1. The summed E-state index contributed by atoms with van der Waals surface area (Å²) in [7, 11) is 0. The molecule has 3 aromatic carbocycles. The van der Waals surface area contributed by atoms with E-state index in [4.69, 9.17) is 15.2 Å². The van der Waals surface area contributed by atoms with Gasteiger partial charge in [-0.3, -0.25) is 4.57 Å². The fraction of sp³-hybridized carbons (Fsp3) is 0.343. The molecule has 5 aromatic rings. The Morgan fingerprint density at radius 1 is 0.822 bits per heavy atom. The second kappa shape index (κ2) is 14.5. The van der Waals surface area contributed by atoms with Gasteiger partial charge in [-0.1, -0.05) is 104 Å². The summed E-state index contributed by atoms with van der Waals surface area (Å²) in [6.45, 7) is 0.189. The number of aromatic nitrogens is 4. The van der Waals surface area contributed by atoms with Gasteiger partial charge in [-0.2, -0.15) is 0 Å². The van der Waals surface area contributed by atoms with E-state index in [0.717, 1.165) is 31.4 Å². The number of benzene rings is 3. The smallest absolute Gasteiger partial charge is 0.167 e. The van der Waals surface area contributed by atoms with E-state index in [1.807, 2.05) is 11.8 Å². The molecule has 2 aromatic heterocycles. The molecule has 9 nitrogen and oxygen atoms in total. The fourth-order valence-electron chi connectivity index (χ4n) is 6.13. The third-order valence-corrected chi connectivity index (χ3v) is 9.99. The Bertz CT molecular complexity index is 1540. The number of rotatable bonds is 14. The molecule has 234 valence electrons. The van der Waals surface area contributed by atoms with Gasteiger partial charge in [0.05, 0.1) is 17.7 Å². The Balaban J connectivity index is 1.03. The van der Waals surface area contributed by atoms with Gasteiger partial charge in [0, 0.05) is 6.61 Å². The van der Waals surface area contributed by atoms with Crippen LogP contribution in [0.3, 0.4) is 0 Å². The van der Waals surface area contributed by atoms with Gasteiger partial charge in [0.25, 0.3) is 0 Å². The van der Waals surface area contributed by atoms with Crippen molar-refractivity contribution in [3.05, 3.63) is 120 Å². The Labute approximate surface area is 267 Å². The highest BCUT2D eigenvalue weighted by Gasteiger charge is 2.45. The molecular formula is C35H39N5O4S. The summed E-state index contributed by atoms with van der Waals surface area (Å²) in [5, 5.41) is 21.0. The number of aliphatic hydroxyl groups is 2. The number of unbranched alkanes of at least 4 members (excludes halogenated alkanes) is 3. The van der Waals surface area contributed by atoms with E-state index in [1.54, 1.807) is 4.57 Å². The lowest BCUT2D eigenvalue weighted by atomic mass is 9.84. The summed E-state index contributed by atoms with van der Waals surface area (Å²) >= 11 is 1.98. The molecule has 6 rings (SSSR count). The first-order valence-electron chi connectivity index (χ1n) is 15.4. The number of hydrogen-bond acceptors (Lipinski definition) is 9. The molecule has 0 saturated carbocycles. The lowest BCUT2D eigenvalue weighted by Gasteiger charge is -2.35. The van der Waals surface area contributed by atoms with Crippen LogP contribution in [0, 0.1) is 0 Å². The van der Waals surface area contributed by atoms with Crippen molar-refractivity contribution in [1.82, 2.24) is 19.5 Å². The summed E-state index contributed by atoms with van der Waals surface area (Å²) in [5.74, 6) is 1.25. The van der Waals surface area contributed by atoms with Gasteiger partial charge in [-0.15, -0.1) is 11.8 Å². The molecule has 1 aliphatic rings. The lowest BCUT2D eigenvalue weighted by Crippen LogP contribution is -2.36. The van der Waals surface area contributed by atoms with E-state index in [0.29, 0.717) is 17.8 Å². The average Bonchev–Trinajstić information content (AvgIpc) is 3.66. The number of aliphatic hydroxyl groups excluding tert-OH is 2. The molecule has 10 heteroatoms. The molecule has 0 radical (unpaired) electrons. The van der Waals surface area contributed by atoms with Crippen LogP contribution in [0.15, 0.2) is 104 Å². The number of ether oxygens (including phenoxy) is 2. The summed E-state index contributed by atoms with van der Waals surface area (Å²) in [6, 6.07) is 32.3. The van der Waals surface area contributed by atoms with Gasteiger partial charge >= 0.3 is 0 Å². The molecule has 1 saturated heterocycles. The van der Waals surface area contributed by atoms with E-state index in [-0.39, 0.29) is 17.2 Å². The van der Waals surface area contributed by atoms with Crippen LogP contribution in [0.25, 0.3) is 11.2 Å². The molecule has 0 amide bonds. The first-order chi connectivity index (χ1) is 22.1. The Morgan fingerprint density at radius 2 is 1.42 bits per heavy atom. The van der Waals surface area contributed by atoms with E-state index >= 15 is 0 Å². The first kappa shape index (κ1) is 31.2. The van der Waals surface area contributed by atoms with Crippen LogP contribution in [-0.4, -0.2) is 67.0 Å². The van der Waals surface area contributed by atoms with Gasteiger partial charge < -0.3 is 25.4 Å². The SMILES string of the molecule is Nc1ncnc2c1ncn2[C@@H]1O[C@H](CO)[C@@H](OCCCCCCSC(c2ccccc2)(c2ccccc2)c2ccccc2)[C@H]1O. The highest BCUT2D eigenvalue weighted by atomic mass is 32.2. The van der Waals surface area contributed by atoms with Gasteiger partial charge in [-0.25, -0.2) is 15.0 Å². The van der Waals surface area contributed by atoms with Crippen LogP contribution < -0.4 is 5.73 Å². The predicted molar refractivity (Wildman–Crippen MR) is 177 cm³/mol. The average molecular weight is 626 g/mol.